The SMILES string of the molecule is CN(CC(=O)Nc1ccc2nc(C3CCC3)[nH]c2c1)C(=O)OC(C)(C)C. The Balaban J connectivity index is 1.60. The molecule has 1 aromatic heterocycles. The molecule has 0 aliphatic heterocycles. The lowest BCUT2D eigenvalue weighted by Gasteiger charge is -2.24. The van der Waals surface area contributed by atoms with Crippen LogP contribution in [0.4, 0.5) is 10.5 Å². The standard InChI is InChI=1S/C19H26N4O3/c1-19(2,3)26-18(25)23(4)11-16(24)20-13-8-9-14-15(10-13)22-17(21-14)12-6-5-7-12/h8-10,12H,5-7,11H2,1-4H3,(H,20,24)(H,21,22). The summed E-state index contributed by atoms with van der Waals surface area (Å²) in [5, 5.41) is 2.81. The highest BCUT2D eigenvalue weighted by atomic mass is 16.6. The smallest absolute Gasteiger partial charge is 0.410 e. The van der Waals surface area contributed by atoms with Crippen molar-refractivity contribution in [2.24, 2.45) is 0 Å². The van der Waals surface area contributed by atoms with Gasteiger partial charge in [0.25, 0.3) is 0 Å². The molecule has 1 aromatic carbocycles. The maximum Gasteiger partial charge on any atom is 0.410 e. The van der Waals surface area contributed by atoms with Gasteiger partial charge in [-0.05, 0) is 51.8 Å². The van der Waals surface area contributed by atoms with E-state index in [-0.39, 0.29) is 12.5 Å². The average Bonchev–Trinajstić information content (AvgIpc) is 2.85. The summed E-state index contributed by atoms with van der Waals surface area (Å²) in [4.78, 5) is 33.4. The molecule has 3 rings (SSSR count). The van der Waals surface area contributed by atoms with E-state index in [1.165, 1.54) is 31.2 Å². The molecule has 7 nitrogen and oxygen atoms in total. The highest BCUT2D eigenvalue weighted by Gasteiger charge is 2.23. The Bertz CT molecular complexity index is 818. The number of fused-ring (bicyclic) bond motifs is 1. The number of carbonyl (C=O) groups is 2. The Morgan fingerprint density at radius 2 is 2.08 bits per heavy atom. The Labute approximate surface area is 153 Å². The maximum atomic E-state index is 12.2. The monoisotopic (exact) mass is 358 g/mol. The number of rotatable bonds is 4. The van der Waals surface area contributed by atoms with Crippen molar-refractivity contribution in [3.8, 4) is 0 Å². The van der Waals surface area contributed by atoms with E-state index in [4.69, 9.17) is 4.74 Å². The molecule has 1 aliphatic carbocycles. The van der Waals surface area contributed by atoms with Crippen LogP contribution in [0.3, 0.4) is 0 Å². The van der Waals surface area contributed by atoms with E-state index in [0.717, 1.165) is 16.9 Å². The van der Waals surface area contributed by atoms with E-state index in [2.05, 4.69) is 15.3 Å². The van der Waals surface area contributed by atoms with Crippen LogP contribution >= 0.6 is 0 Å². The first kappa shape index (κ1) is 18.2. The Kier molecular flexibility index (Phi) is 4.89. The molecule has 0 radical (unpaired) electrons. The van der Waals surface area contributed by atoms with Gasteiger partial charge < -0.3 is 19.9 Å². The summed E-state index contributed by atoms with van der Waals surface area (Å²) in [5.41, 5.74) is 1.89. The van der Waals surface area contributed by atoms with Crippen LogP contribution in [-0.4, -0.2) is 46.1 Å². The highest BCUT2D eigenvalue weighted by molar-refractivity contribution is 5.95. The fourth-order valence-corrected chi connectivity index (χ4v) is 2.80. The second-order valence-electron chi connectivity index (χ2n) is 7.87. The van der Waals surface area contributed by atoms with Crippen LogP contribution in [0.1, 0.15) is 51.8 Å². The number of anilines is 1. The van der Waals surface area contributed by atoms with Crippen LogP contribution in [0.5, 0.6) is 0 Å². The second kappa shape index (κ2) is 6.97. The number of hydrogen-bond acceptors (Lipinski definition) is 4. The maximum absolute atomic E-state index is 12.2. The number of H-pyrrole nitrogens is 1. The Morgan fingerprint density at radius 3 is 2.69 bits per heavy atom. The lowest BCUT2D eigenvalue weighted by atomic mass is 9.85. The molecule has 1 heterocycles. The predicted molar refractivity (Wildman–Crippen MR) is 100 cm³/mol. The van der Waals surface area contributed by atoms with Crippen LogP contribution < -0.4 is 5.32 Å². The van der Waals surface area contributed by atoms with Crippen molar-refractivity contribution in [2.45, 2.75) is 51.6 Å². The molecule has 1 saturated carbocycles. The number of aromatic nitrogens is 2. The van der Waals surface area contributed by atoms with Crippen LogP contribution in [0.15, 0.2) is 18.2 Å². The largest absolute Gasteiger partial charge is 0.444 e. The summed E-state index contributed by atoms with van der Waals surface area (Å²) in [6.45, 7) is 5.28. The molecule has 1 fully saturated rings. The van der Waals surface area contributed by atoms with Gasteiger partial charge >= 0.3 is 6.09 Å². The molecule has 0 atom stereocenters. The topological polar surface area (TPSA) is 87.3 Å². The Hall–Kier alpha value is -2.57. The number of nitrogens with zero attached hydrogens (tertiary/aromatic N) is 2. The number of amides is 2. The summed E-state index contributed by atoms with van der Waals surface area (Å²) in [5.74, 6) is 1.28. The third-order valence-corrected chi connectivity index (χ3v) is 4.36. The minimum Gasteiger partial charge on any atom is -0.444 e. The van der Waals surface area contributed by atoms with Gasteiger partial charge in [0, 0.05) is 18.7 Å². The molecular formula is C19H26N4O3. The molecule has 26 heavy (non-hydrogen) atoms. The predicted octanol–water partition coefficient (Wildman–Crippen LogP) is 3.64. The van der Waals surface area contributed by atoms with Gasteiger partial charge in [0.1, 0.15) is 18.0 Å². The first-order valence-corrected chi connectivity index (χ1v) is 8.95. The third kappa shape index (κ3) is 4.33. The number of imidazole rings is 1. The average molecular weight is 358 g/mol. The lowest BCUT2D eigenvalue weighted by Crippen LogP contribution is -2.38. The molecule has 0 bridgehead atoms. The van der Waals surface area contributed by atoms with Crippen molar-refractivity contribution in [2.75, 3.05) is 18.9 Å². The number of carbonyl (C=O) groups excluding carboxylic acids is 2. The van der Waals surface area contributed by atoms with E-state index in [0.29, 0.717) is 11.6 Å². The fraction of sp³-hybridized carbons (Fsp3) is 0.526. The van der Waals surface area contributed by atoms with Crippen molar-refractivity contribution in [3.05, 3.63) is 24.0 Å². The highest BCUT2D eigenvalue weighted by Crippen LogP contribution is 2.35. The number of ether oxygens (including phenoxy) is 1. The number of hydrogen-bond donors (Lipinski definition) is 2. The third-order valence-electron chi connectivity index (χ3n) is 4.36. The summed E-state index contributed by atoms with van der Waals surface area (Å²) in [7, 11) is 1.54. The van der Waals surface area contributed by atoms with Gasteiger partial charge in [-0.3, -0.25) is 4.79 Å². The van der Waals surface area contributed by atoms with Crippen LogP contribution in [0.25, 0.3) is 11.0 Å². The molecule has 2 amide bonds. The van der Waals surface area contributed by atoms with Gasteiger partial charge in [0.15, 0.2) is 0 Å². The van der Waals surface area contributed by atoms with Crippen molar-refractivity contribution in [1.82, 2.24) is 14.9 Å². The van der Waals surface area contributed by atoms with Gasteiger partial charge in [0.2, 0.25) is 5.91 Å². The molecule has 2 aromatic rings. The zero-order chi connectivity index (χ0) is 18.9. The van der Waals surface area contributed by atoms with Crippen LogP contribution in [0, 0.1) is 0 Å². The minimum absolute atomic E-state index is 0.0801. The molecule has 0 saturated heterocycles. The zero-order valence-corrected chi connectivity index (χ0v) is 15.8. The number of nitrogens with one attached hydrogen (secondary N) is 2. The summed E-state index contributed by atoms with van der Waals surface area (Å²) < 4.78 is 5.24. The van der Waals surface area contributed by atoms with Crippen LogP contribution in [-0.2, 0) is 9.53 Å². The van der Waals surface area contributed by atoms with E-state index in [1.807, 2.05) is 18.2 Å². The van der Waals surface area contributed by atoms with Gasteiger partial charge in [0.05, 0.1) is 11.0 Å². The van der Waals surface area contributed by atoms with Crippen molar-refractivity contribution >= 4 is 28.7 Å². The summed E-state index contributed by atoms with van der Waals surface area (Å²) in [6.07, 6.45) is 3.09. The van der Waals surface area contributed by atoms with E-state index >= 15 is 0 Å². The molecule has 7 heteroatoms. The lowest BCUT2D eigenvalue weighted by molar-refractivity contribution is -0.117. The number of benzene rings is 1. The first-order valence-electron chi connectivity index (χ1n) is 8.95. The van der Waals surface area contributed by atoms with E-state index in [1.54, 1.807) is 20.8 Å². The normalized spacial score (nSPS) is 14.8. The Morgan fingerprint density at radius 1 is 1.35 bits per heavy atom. The number of likely N-dealkylation sites (N-methyl/N-ethyl adjacent to an activating group) is 1. The van der Waals surface area contributed by atoms with E-state index in [9.17, 15) is 9.59 Å². The molecular weight excluding hydrogens is 332 g/mol. The van der Waals surface area contributed by atoms with Crippen molar-refractivity contribution < 1.29 is 14.3 Å². The molecule has 0 spiro atoms. The minimum atomic E-state index is -0.592. The van der Waals surface area contributed by atoms with Crippen LogP contribution in [0.2, 0.25) is 0 Å². The van der Waals surface area contributed by atoms with Gasteiger partial charge in [-0.1, -0.05) is 6.42 Å². The van der Waals surface area contributed by atoms with Crippen molar-refractivity contribution in [3.63, 3.8) is 0 Å². The summed E-state index contributed by atoms with van der Waals surface area (Å²) in [6, 6.07) is 5.58. The summed E-state index contributed by atoms with van der Waals surface area (Å²) >= 11 is 0. The molecule has 1 aliphatic rings. The molecule has 0 unspecified atom stereocenters. The van der Waals surface area contributed by atoms with Gasteiger partial charge in [-0.25, -0.2) is 9.78 Å². The van der Waals surface area contributed by atoms with E-state index < -0.39 is 11.7 Å². The zero-order valence-electron chi connectivity index (χ0n) is 15.8. The second-order valence-corrected chi connectivity index (χ2v) is 7.87. The van der Waals surface area contributed by atoms with Gasteiger partial charge in [-0.15, -0.1) is 0 Å². The molecule has 2 N–H and O–H groups in total. The molecule has 140 valence electrons. The first-order chi connectivity index (χ1) is 12.2. The van der Waals surface area contributed by atoms with Gasteiger partial charge in [-0.2, -0.15) is 0 Å². The fourth-order valence-electron chi connectivity index (χ4n) is 2.80. The number of aromatic amines is 1. The quantitative estimate of drug-likeness (QED) is 0.873. The van der Waals surface area contributed by atoms with Crippen molar-refractivity contribution in [1.29, 1.82) is 0 Å².